The van der Waals surface area contributed by atoms with Gasteiger partial charge in [0, 0.05) is 29.9 Å². The SMILES string of the molecule is CNc1ccc(OCc2ccc(F)c3cccnc23)cc1. The van der Waals surface area contributed by atoms with E-state index in [4.69, 9.17) is 4.74 Å². The lowest BCUT2D eigenvalue weighted by atomic mass is 10.1. The molecule has 3 nitrogen and oxygen atoms in total. The van der Waals surface area contributed by atoms with Crippen molar-refractivity contribution < 1.29 is 9.13 Å². The summed E-state index contributed by atoms with van der Waals surface area (Å²) < 4.78 is 19.5. The van der Waals surface area contributed by atoms with Crippen LogP contribution in [0.15, 0.2) is 54.7 Å². The molecule has 0 radical (unpaired) electrons. The maximum absolute atomic E-state index is 13.7. The average molecular weight is 282 g/mol. The van der Waals surface area contributed by atoms with E-state index in [-0.39, 0.29) is 5.82 Å². The van der Waals surface area contributed by atoms with Crippen LogP contribution in [-0.4, -0.2) is 12.0 Å². The van der Waals surface area contributed by atoms with Gasteiger partial charge >= 0.3 is 0 Å². The summed E-state index contributed by atoms with van der Waals surface area (Å²) in [5.41, 5.74) is 2.53. The molecule has 0 bridgehead atoms. The van der Waals surface area contributed by atoms with Crippen LogP contribution in [0.25, 0.3) is 10.9 Å². The van der Waals surface area contributed by atoms with Crippen molar-refractivity contribution in [1.82, 2.24) is 4.98 Å². The van der Waals surface area contributed by atoms with Crippen molar-refractivity contribution in [3.8, 4) is 5.75 Å². The highest BCUT2D eigenvalue weighted by atomic mass is 19.1. The van der Waals surface area contributed by atoms with Gasteiger partial charge in [0.2, 0.25) is 0 Å². The molecular formula is C17H15FN2O. The number of ether oxygens (including phenoxy) is 1. The molecule has 106 valence electrons. The van der Waals surface area contributed by atoms with E-state index in [1.165, 1.54) is 6.07 Å². The van der Waals surface area contributed by atoms with Gasteiger partial charge in [-0.25, -0.2) is 4.39 Å². The Bertz CT molecular complexity index is 756. The summed E-state index contributed by atoms with van der Waals surface area (Å²) in [7, 11) is 1.87. The van der Waals surface area contributed by atoms with Gasteiger partial charge in [0.1, 0.15) is 18.2 Å². The summed E-state index contributed by atoms with van der Waals surface area (Å²) in [6.45, 7) is 0.354. The second kappa shape index (κ2) is 5.79. The molecular weight excluding hydrogens is 267 g/mol. The maximum atomic E-state index is 13.7. The second-order valence-corrected chi connectivity index (χ2v) is 4.67. The van der Waals surface area contributed by atoms with E-state index >= 15 is 0 Å². The number of halogens is 1. The number of hydrogen-bond donors (Lipinski definition) is 1. The molecule has 1 N–H and O–H groups in total. The highest BCUT2D eigenvalue weighted by molar-refractivity contribution is 5.82. The topological polar surface area (TPSA) is 34.1 Å². The molecule has 0 atom stereocenters. The van der Waals surface area contributed by atoms with Crippen molar-refractivity contribution in [2.75, 3.05) is 12.4 Å². The molecule has 0 fully saturated rings. The summed E-state index contributed by atoms with van der Waals surface area (Å²) in [6.07, 6.45) is 1.66. The van der Waals surface area contributed by atoms with Gasteiger partial charge < -0.3 is 10.1 Å². The van der Waals surface area contributed by atoms with Crippen LogP contribution < -0.4 is 10.1 Å². The normalized spacial score (nSPS) is 10.6. The Morgan fingerprint density at radius 3 is 2.67 bits per heavy atom. The third-order valence-corrected chi connectivity index (χ3v) is 3.34. The van der Waals surface area contributed by atoms with Crippen LogP contribution in [0.3, 0.4) is 0 Å². The monoisotopic (exact) mass is 282 g/mol. The Balaban J connectivity index is 1.83. The molecule has 21 heavy (non-hydrogen) atoms. The van der Waals surface area contributed by atoms with Crippen LogP contribution in [-0.2, 0) is 6.61 Å². The lowest BCUT2D eigenvalue weighted by Crippen LogP contribution is -1.98. The Kier molecular flexibility index (Phi) is 3.69. The summed E-state index contributed by atoms with van der Waals surface area (Å²) in [6, 6.07) is 14.3. The summed E-state index contributed by atoms with van der Waals surface area (Å²) in [5.74, 6) is 0.502. The minimum atomic E-state index is -0.264. The second-order valence-electron chi connectivity index (χ2n) is 4.67. The molecule has 3 rings (SSSR count). The molecule has 0 amide bonds. The third kappa shape index (κ3) is 2.79. The molecule has 2 aromatic carbocycles. The van der Waals surface area contributed by atoms with E-state index in [0.29, 0.717) is 17.5 Å². The number of hydrogen-bond acceptors (Lipinski definition) is 3. The summed E-state index contributed by atoms with van der Waals surface area (Å²) in [4.78, 5) is 4.25. The zero-order chi connectivity index (χ0) is 14.7. The standard InChI is InChI=1S/C17H15FN2O/c1-19-13-5-7-14(8-6-13)21-11-12-4-9-16(18)15-3-2-10-20-17(12)15/h2-10,19H,11H2,1H3. The Morgan fingerprint density at radius 2 is 1.90 bits per heavy atom. The van der Waals surface area contributed by atoms with E-state index in [0.717, 1.165) is 17.0 Å². The number of nitrogens with one attached hydrogen (secondary N) is 1. The molecule has 0 saturated carbocycles. The minimum absolute atomic E-state index is 0.264. The fourth-order valence-electron chi connectivity index (χ4n) is 2.19. The lowest BCUT2D eigenvalue weighted by Gasteiger charge is -2.09. The fraction of sp³-hybridized carbons (Fsp3) is 0.118. The van der Waals surface area contributed by atoms with Crippen molar-refractivity contribution >= 4 is 16.6 Å². The number of benzene rings is 2. The van der Waals surface area contributed by atoms with Crippen LogP contribution in [0.5, 0.6) is 5.75 Å². The van der Waals surface area contributed by atoms with Crippen molar-refractivity contribution in [3.63, 3.8) is 0 Å². The van der Waals surface area contributed by atoms with Gasteiger partial charge in [0.25, 0.3) is 0 Å². The zero-order valence-electron chi connectivity index (χ0n) is 11.6. The average Bonchev–Trinajstić information content (AvgIpc) is 2.55. The molecule has 0 saturated heterocycles. The summed E-state index contributed by atoms with van der Waals surface area (Å²) in [5, 5.41) is 3.57. The van der Waals surface area contributed by atoms with Gasteiger partial charge in [0.15, 0.2) is 0 Å². The van der Waals surface area contributed by atoms with Crippen LogP contribution in [0.4, 0.5) is 10.1 Å². The molecule has 0 aliphatic rings. The number of nitrogens with zero attached hydrogens (tertiary/aromatic N) is 1. The highest BCUT2D eigenvalue weighted by Crippen LogP contribution is 2.22. The quantitative estimate of drug-likeness (QED) is 0.785. The smallest absolute Gasteiger partial charge is 0.132 e. The van der Waals surface area contributed by atoms with Gasteiger partial charge in [-0.1, -0.05) is 6.07 Å². The van der Waals surface area contributed by atoms with Gasteiger partial charge in [-0.2, -0.15) is 0 Å². The van der Waals surface area contributed by atoms with E-state index < -0.39 is 0 Å². The largest absolute Gasteiger partial charge is 0.489 e. The molecule has 4 heteroatoms. The van der Waals surface area contributed by atoms with Gasteiger partial charge in [-0.15, -0.1) is 0 Å². The maximum Gasteiger partial charge on any atom is 0.132 e. The number of anilines is 1. The predicted octanol–water partition coefficient (Wildman–Crippen LogP) is 3.99. The first-order valence-corrected chi connectivity index (χ1v) is 6.70. The highest BCUT2D eigenvalue weighted by Gasteiger charge is 2.07. The van der Waals surface area contributed by atoms with E-state index in [1.54, 1.807) is 24.4 Å². The third-order valence-electron chi connectivity index (χ3n) is 3.34. The first kappa shape index (κ1) is 13.4. The molecule has 0 spiro atoms. The molecule has 1 heterocycles. The van der Waals surface area contributed by atoms with E-state index in [1.807, 2.05) is 31.3 Å². The van der Waals surface area contributed by atoms with Crippen molar-refractivity contribution in [2.24, 2.45) is 0 Å². The predicted molar refractivity (Wildman–Crippen MR) is 82.0 cm³/mol. The van der Waals surface area contributed by atoms with Crippen LogP contribution in [0.1, 0.15) is 5.56 Å². The van der Waals surface area contributed by atoms with Crippen molar-refractivity contribution in [3.05, 3.63) is 66.1 Å². The minimum Gasteiger partial charge on any atom is -0.489 e. The molecule has 0 unspecified atom stereocenters. The van der Waals surface area contributed by atoms with Crippen molar-refractivity contribution in [1.29, 1.82) is 0 Å². The number of rotatable bonds is 4. The lowest BCUT2D eigenvalue weighted by molar-refractivity contribution is 0.307. The van der Waals surface area contributed by atoms with Gasteiger partial charge in [-0.3, -0.25) is 4.98 Å². The number of fused-ring (bicyclic) bond motifs is 1. The van der Waals surface area contributed by atoms with E-state index in [9.17, 15) is 4.39 Å². The molecule has 0 aliphatic carbocycles. The van der Waals surface area contributed by atoms with Crippen LogP contribution >= 0.6 is 0 Å². The number of aromatic nitrogens is 1. The van der Waals surface area contributed by atoms with Crippen molar-refractivity contribution in [2.45, 2.75) is 6.61 Å². The van der Waals surface area contributed by atoms with Crippen LogP contribution in [0.2, 0.25) is 0 Å². The van der Waals surface area contributed by atoms with Gasteiger partial charge in [0.05, 0.1) is 5.52 Å². The Morgan fingerprint density at radius 1 is 1.10 bits per heavy atom. The fourth-order valence-corrected chi connectivity index (χ4v) is 2.19. The first-order valence-electron chi connectivity index (χ1n) is 6.70. The Hall–Kier alpha value is -2.62. The Labute approximate surface area is 122 Å². The van der Waals surface area contributed by atoms with Gasteiger partial charge in [-0.05, 0) is 42.5 Å². The van der Waals surface area contributed by atoms with Crippen LogP contribution in [0, 0.1) is 5.82 Å². The molecule has 3 aromatic rings. The zero-order valence-corrected chi connectivity index (χ0v) is 11.6. The first-order chi connectivity index (χ1) is 10.3. The molecule has 0 aliphatic heterocycles. The van der Waals surface area contributed by atoms with E-state index in [2.05, 4.69) is 10.3 Å². The summed E-state index contributed by atoms with van der Waals surface area (Å²) >= 11 is 0. The number of pyridine rings is 1. The molecule has 1 aromatic heterocycles.